The number of aliphatic hydroxyl groups is 1. The van der Waals surface area contributed by atoms with Crippen LogP contribution in [0.15, 0.2) is 24.3 Å². The molecule has 0 heterocycles. The Morgan fingerprint density at radius 3 is 2.71 bits per heavy atom. The van der Waals surface area contributed by atoms with E-state index in [2.05, 4.69) is 5.32 Å². The van der Waals surface area contributed by atoms with Gasteiger partial charge in [0.1, 0.15) is 0 Å². The lowest BCUT2D eigenvalue weighted by molar-refractivity contribution is -0.384. The third-order valence-corrected chi connectivity index (χ3v) is 2.69. The number of benzene rings is 1. The quantitative estimate of drug-likeness (QED) is 0.584. The normalized spacial score (nSPS) is 12.7. The molecule has 94 valence electrons. The molecule has 0 saturated carbocycles. The Morgan fingerprint density at radius 1 is 1.47 bits per heavy atom. The lowest BCUT2D eigenvalue weighted by atomic mass is 10.1. The van der Waals surface area contributed by atoms with Crippen molar-refractivity contribution >= 4 is 5.69 Å². The van der Waals surface area contributed by atoms with Crippen molar-refractivity contribution < 1.29 is 10.0 Å². The number of hydrogen-bond acceptors (Lipinski definition) is 4. The Hall–Kier alpha value is -1.46. The van der Waals surface area contributed by atoms with Crippen LogP contribution in [-0.2, 0) is 6.54 Å². The lowest BCUT2D eigenvalue weighted by Crippen LogP contribution is -2.36. The SMILES string of the molecule is CC(C)[C@@H](CO)NCc1cccc([N+](=O)[O-])c1. The predicted molar refractivity (Wildman–Crippen MR) is 65.6 cm³/mol. The zero-order chi connectivity index (χ0) is 12.8. The van der Waals surface area contributed by atoms with Gasteiger partial charge < -0.3 is 10.4 Å². The highest BCUT2D eigenvalue weighted by Crippen LogP contribution is 2.13. The number of hydrogen-bond donors (Lipinski definition) is 2. The van der Waals surface area contributed by atoms with Gasteiger partial charge in [-0.15, -0.1) is 0 Å². The van der Waals surface area contributed by atoms with E-state index < -0.39 is 4.92 Å². The van der Waals surface area contributed by atoms with Gasteiger partial charge in [-0.3, -0.25) is 10.1 Å². The van der Waals surface area contributed by atoms with Crippen LogP contribution in [0.1, 0.15) is 19.4 Å². The second kappa shape index (κ2) is 6.32. The Morgan fingerprint density at radius 2 is 2.18 bits per heavy atom. The predicted octanol–water partition coefficient (Wildman–Crippen LogP) is 1.70. The second-order valence-electron chi connectivity index (χ2n) is 4.34. The Balaban J connectivity index is 2.62. The van der Waals surface area contributed by atoms with Crippen LogP contribution in [-0.4, -0.2) is 22.7 Å². The molecule has 0 saturated heterocycles. The van der Waals surface area contributed by atoms with Gasteiger partial charge in [0.2, 0.25) is 0 Å². The maximum Gasteiger partial charge on any atom is 0.269 e. The summed E-state index contributed by atoms with van der Waals surface area (Å²) >= 11 is 0. The summed E-state index contributed by atoms with van der Waals surface area (Å²) in [6, 6.07) is 6.51. The highest BCUT2D eigenvalue weighted by molar-refractivity contribution is 5.34. The van der Waals surface area contributed by atoms with Gasteiger partial charge in [0, 0.05) is 24.7 Å². The molecule has 0 fully saturated rings. The maximum atomic E-state index is 10.6. The monoisotopic (exact) mass is 238 g/mol. The zero-order valence-corrected chi connectivity index (χ0v) is 10.1. The minimum absolute atomic E-state index is 0.00858. The van der Waals surface area contributed by atoms with Crippen LogP contribution in [0, 0.1) is 16.0 Å². The van der Waals surface area contributed by atoms with Crippen molar-refractivity contribution in [3.8, 4) is 0 Å². The van der Waals surface area contributed by atoms with Gasteiger partial charge in [-0.25, -0.2) is 0 Å². The minimum Gasteiger partial charge on any atom is -0.395 e. The molecule has 0 radical (unpaired) electrons. The average Bonchev–Trinajstić information content (AvgIpc) is 2.29. The van der Waals surface area contributed by atoms with Crippen LogP contribution in [0.5, 0.6) is 0 Å². The summed E-state index contributed by atoms with van der Waals surface area (Å²) in [5.41, 5.74) is 0.938. The number of nitrogens with one attached hydrogen (secondary N) is 1. The van der Waals surface area contributed by atoms with E-state index in [1.54, 1.807) is 12.1 Å². The van der Waals surface area contributed by atoms with E-state index in [9.17, 15) is 10.1 Å². The molecule has 0 aromatic heterocycles. The molecule has 0 bridgehead atoms. The Bertz CT molecular complexity index is 380. The molecule has 0 aliphatic rings. The molecule has 17 heavy (non-hydrogen) atoms. The molecule has 1 rings (SSSR count). The molecule has 5 heteroatoms. The Kier molecular flexibility index (Phi) is 5.06. The van der Waals surface area contributed by atoms with Gasteiger partial charge >= 0.3 is 0 Å². The first kappa shape index (κ1) is 13.6. The highest BCUT2D eigenvalue weighted by Gasteiger charge is 2.12. The number of rotatable bonds is 6. The standard InChI is InChI=1S/C12H18N2O3/c1-9(2)12(8-15)13-7-10-4-3-5-11(6-10)14(16)17/h3-6,9,12-13,15H,7-8H2,1-2H3/t12-/m1/s1. The van der Waals surface area contributed by atoms with E-state index in [1.165, 1.54) is 6.07 Å². The first-order chi connectivity index (χ1) is 8.04. The first-order valence-corrected chi connectivity index (χ1v) is 5.62. The summed E-state index contributed by atoms with van der Waals surface area (Å²) in [5, 5.41) is 22.9. The number of nitrogens with zero attached hydrogens (tertiary/aromatic N) is 1. The van der Waals surface area contributed by atoms with Crippen LogP contribution in [0.4, 0.5) is 5.69 Å². The van der Waals surface area contributed by atoms with Crippen molar-refractivity contribution in [3.63, 3.8) is 0 Å². The number of nitro groups is 1. The Labute approximate surface area is 101 Å². The van der Waals surface area contributed by atoms with E-state index >= 15 is 0 Å². The zero-order valence-electron chi connectivity index (χ0n) is 10.1. The number of non-ortho nitro benzene ring substituents is 1. The van der Waals surface area contributed by atoms with Gasteiger partial charge in [-0.2, -0.15) is 0 Å². The van der Waals surface area contributed by atoms with Crippen LogP contribution < -0.4 is 5.32 Å². The fraction of sp³-hybridized carbons (Fsp3) is 0.500. The number of aliphatic hydroxyl groups excluding tert-OH is 1. The van der Waals surface area contributed by atoms with Gasteiger partial charge in [0.15, 0.2) is 0 Å². The maximum absolute atomic E-state index is 10.6. The summed E-state index contributed by atoms with van der Waals surface area (Å²) in [7, 11) is 0. The van der Waals surface area contributed by atoms with Crippen molar-refractivity contribution in [2.24, 2.45) is 5.92 Å². The third-order valence-electron chi connectivity index (χ3n) is 2.69. The second-order valence-corrected chi connectivity index (χ2v) is 4.34. The smallest absolute Gasteiger partial charge is 0.269 e. The largest absolute Gasteiger partial charge is 0.395 e. The third kappa shape index (κ3) is 4.13. The van der Waals surface area contributed by atoms with E-state index in [1.807, 2.05) is 19.9 Å². The van der Waals surface area contributed by atoms with Crippen molar-refractivity contribution in [1.82, 2.24) is 5.32 Å². The van der Waals surface area contributed by atoms with Crippen molar-refractivity contribution in [2.75, 3.05) is 6.61 Å². The summed E-state index contributed by atoms with van der Waals surface area (Å²) in [4.78, 5) is 10.2. The minimum atomic E-state index is -0.407. The summed E-state index contributed by atoms with van der Waals surface area (Å²) in [5.74, 6) is 0.318. The van der Waals surface area contributed by atoms with Crippen LogP contribution in [0.3, 0.4) is 0 Å². The van der Waals surface area contributed by atoms with Gasteiger partial charge in [-0.1, -0.05) is 26.0 Å². The number of nitro benzene ring substituents is 1. The average molecular weight is 238 g/mol. The topological polar surface area (TPSA) is 75.4 Å². The van der Waals surface area contributed by atoms with E-state index in [0.717, 1.165) is 5.56 Å². The van der Waals surface area contributed by atoms with E-state index in [4.69, 9.17) is 5.11 Å². The summed E-state index contributed by atoms with van der Waals surface area (Å²) in [6.45, 7) is 4.61. The van der Waals surface area contributed by atoms with Crippen molar-refractivity contribution in [3.05, 3.63) is 39.9 Å². The molecule has 2 N–H and O–H groups in total. The first-order valence-electron chi connectivity index (χ1n) is 5.62. The van der Waals surface area contributed by atoms with Crippen molar-refractivity contribution in [2.45, 2.75) is 26.4 Å². The molecule has 0 aliphatic heterocycles. The molecular weight excluding hydrogens is 220 g/mol. The molecular formula is C12H18N2O3. The van der Waals surface area contributed by atoms with E-state index in [0.29, 0.717) is 12.5 Å². The lowest BCUT2D eigenvalue weighted by Gasteiger charge is -2.19. The van der Waals surface area contributed by atoms with Crippen LogP contribution in [0.2, 0.25) is 0 Å². The van der Waals surface area contributed by atoms with Crippen LogP contribution in [0.25, 0.3) is 0 Å². The summed E-state index contributed by atoms with van der Waals surface area (Å²) < 4.78 is 0. The van der Waals surface area contributed by atoms with Gasteiger partial charge in [0.25, 0.3) is 5.69 Å². The molecule has 1 aromatic rings. The highest BCUT2D eigenvalue weighted by atomic mass is 16.6. The molecule has 0 aliphatic carbocycles. The molecule has 1 atom stereocenters. The molecule has 0 unspecified atom stereocenters. The van der Waals surface area contributed by atoms with Crippen LogP contribution >= 0.6 is 0 Å². The fourth-order valence-electron chi connectivity index (χ4n) is 1.54. The fourth-order valence-corrected chi connectivity index (χ4v) is 1.54. The summed E-state index contributed by atoms with van der Waals surface area (Å²) in [6.07, 6.45) is 0. The van der Waals surface area contributed by atoms with E-state index in [-0.39, 0.29) is 18.3 Å². The molecule has 0 spiro atoms. The van der Waals surface area contributed by atoms with Crippen molar-refractivity contribution in [1.29, 1.82) is 0 Å². The molecule has 1 aromatic carbocycles. The molecule has 0 amide bonds. The van der Waals surface area contributed by atoms with Gasteiger partial charge in [0.05, 0.1) is 11.5 Å². The van der Waals surface area contributed by atoms with Gasteiger partial charge in [-0.05, 0) is 11.5 Å². The molecule has 5 nitrogen and oxygen atoms in total.